The van der Waals surface area contributed by atoms with Crippen LogP contribution in [0.3, 0.4) is 0 Å². The van der Waals surface area contributed by atoms with Crippen LogP contribution in [0.4, 0.5) is 0 Å². The Morgan fingerprint density at radius 3 is 1.64 bits per heavy atom. The summed E-state index contributed by atoms with van der Waals surface area (Å²) >= 11 is 2.23. The summed E-state index contributed by atoms with van der Waals surface area (Å²) in [5.41, 5.74) is 43.6. The molecule has 0 saturated carbocycles. The molecule has 3 aliphatic rings. The lowest BCUT2D eigenvalue weighted by Crippen LogP contribution is -2.60. The smallest absolute Gasteiger partial charge is 0.326 e. The number of thioether (sulfide) groups is 2. The second-order valence-corrected chi connectivity index (χ2v) is 32.9. The van der Waals surface area contributed by atoms with Crippen LogP contribution in [-0.2, 0) is 80.0 Å². The third-order valence-corrected chi connectivity index (χ3v) is 23.6. The van der Waals surface area contributed by atoms with E-state index in [9.17, 15) is 67.7 Å². The molecule has 3 aromatic carbocycles. The van der Waals surface area contributed by atoms with Gasteiger partial charge in [-0.2, -0.15) is 11.8 Å². The fourth-order valence-corrected chi connectivity index (χ4v) is 16.6. The third kappa shape index (κ3) is 29.2. The van der Waals surface area contributed by atoms with Crippen molar-refractivity contribution < 1.29 is 101 Å². The molecule has 4 heterocycles. The summed E-state index contributed by atoms with van der Waals surface area (Å²) in [5, 5.41) is 67.8. The van der Waals surface area contributed by atoms with E-state index in [0.29, 0.717) is 102 Å². The number of rotatable bonds is 56. The molecule has 45 heteroatoms. The van der Waals surface area contributed by atoms with Crippen molar-refractivity contribution in [3.8, 4) is 40.5 Å². The fourth-order valence-electron chi connectivity index (χ4n) is 15.1. The van der Waals surface area contributed by atoms with Crippen molar-refractivity contribution in [3.05, 3.63) is 83.0 Å². The van der Waals surface area contributed by atoms with Crippen molar-refractivity contribution in [2.45, 2.75) is 181 Å². The fraction of sp³-hybridized carbons (Fsp3) is 0.542. The zero-order valence-electron chi connectivity index (χ0n) is 72.2. The highest BCUT2D eigenvalue weighted by atomic mass is 32.2. The minimum atomic E-state index is -1.43. The van der Waals surface area contributed by atoms with Crippen LogP contribution in [0, 0.1) is 22.7 Å². The quantitative estimate of drug-likeness (QED) is 0.00698. The number of primary amides is 1. The molecule has 2 aliphatic heterocycles. The van der Waals surface area contributed by atoms with Gasteiger partial charge in [-0.15, -0.1) is 11.8 Å². The lowest BCUT2D eigenvalue weighted by molar-refractivity contribution is -0.154. The van der Waals surface area contributed by atoms with Gasteiger partial charge in [0.05, 0.1) is 44.8 Å². The van der Waals surface area contributed by atoms with Gasteiger partial charge in [0.25, 0.3) is 0 Å². The molecule has 2 aromatic heterocycles. The van der Waals surface area contributed by atoms with Crippen molar-refractivity contribution in [2.75, 3.05) is 98.3 Å². The molecule has 0 unspecified atom stereocenters. The van der Waals surface area contributed by atoms with Crippen molar-refractivity contribution in [3.63, 3.8) is 0 Å². The van der Waals surface area contributed by atoms with E-state index in [-0.39, 0.29) is 139 Å². The molecule has 43 nitrogen and oxygen atoms in total. The van der Waals surface area contributed by atoms with Crippen molar-refractivity contribution in [1.82, 2.24) is 68.0 Å². The van der Waals surface area contributed by atoms with Crippen LogP contribution < -0.4 is 122 Å². The maximum Gasteiger partial charge on any atom is 0.326 e. The van der Waals surface area contributed by atoms with Gasteiger partial charge in [0, 0.05) is 91.8 Å². The molecule has 702 valence electrons. The van der Waals surface area contributed by atoms with E-state index in [1.165, 1.54) is 39.2 Å². The molecule has 1 saturated heterocycles. The summed E-state index contributed by atoms with van der Waals surface area (Å²) in [6.07, 6.45) is 4.48. The first-order valence-electron chi connectivity index (χ1n) is 42.3. The summed E-state index contributed by atoms with van der Waals surface area (Å²) < 4.78 is 41.1. The summed E-state index contributed by atoms with van der Waals surface area (Å²) in [5.74, 6) is -11.2. The Labute approximate surface area is 748 Å². The molecule has 10 amide bonds. The lowest BCUT2D eigenvalue weighted by Gasteiger charge is -2.38. The molecule has 1 aliphatic carbocycles. The van der Waals surface area contributed by atoms with Crippen LogP contribution >= 0.6 is 23.5 Å². The number of amides is 10. The molecule has 1 fully saturated rings. The SMILES string of the molecule is COc1cc([C@@H]2c3cc4c(cc3[C@H](OC(=O)CNC(=O)CCn3c(O)cc(SC[C@H](N)C(=O)NCCC(=O)N[C@@H](CCCNC(=N)N)C(=O)N[C@@H](CCCNC(=N)N)C(=O)N[C@@H](CCSC)C(=O)N[C@@H](CCCCN)C(=O)N[C@@H](Cc5c[nH]c6ccccc56)C(=O)N[C@@H](CCCCN)C(=O)N[C@@H](CCCCN)C(N)=O)c3O)[C@H]3COC(=O)[C@H]23)OCO4)cc(OC)c1OC. The normalized spacial score (nSPS) is 16.5. The minimum absolute atomic E-state index is 0.0000565. The molecule has 128 heavy (non-hydrogen) atoms. The Kier molecular flexibility index (Phi) is 40.3. The highest BCUT2D eigenvalue weighted by Gasteiger charge is 2.54. The van der Waals surface area contributed by atoms with Crippen LogP contribution in [0.15, 0.2) is 65.7 Å². The monoisotopic (exact) mass is 1830 g/mol. The zero-order valence-corrected chi connectivity index (χ0v) is 73.8. The molecular formula is C83H122N22O21S2. The number of carbonyl (C=O) groups excluding carboxylic acids is 12. The number of hydrogen-bond donors (Lipinski definition) is 23. The van der Waals surface area contributed by atoms with Crippen molar-refractivity contribution in [1.29, 1.82) is 10.8 Å². The van der Waals surface area contributed by atoms with Crippen LogP contribution in [0.25, 0.3) is 10.9 Å². The van der Waals surface area contributed by atoms with E-state index in [1.54, 1.807) is 42.8 Å². The second kappa shape index (κ2) is 51.0. The summed E-state index contributed by atoms with van der Waals surface area (Å²) in [4.78, 5) is 172. The second-order valence-electron chi connectivity index (χ2n) is 30.9. The van der Waals surface area contributed by atoms with Crippen molar-refractivity contribution in [2.24, 2.45) is 52.0 Å². The number of esters is 2. The number of para-hydroxylation sites is 1. The highest BCUT2D eigenvalue weighted by molar-refractivity contribution is 7.99. The number of unbranched alkanes of at least 4 members (excludes halogenated alkanes) is 3. The van der Waals surface area contributed by atoms with Gasteiger partial charge in [0.2, 0.25) is 77.5 Å². The number of fused-ring (bicyclic) bond motifs is 4. The molecule has 30 N–H and O–H groups in total. The van der Waals surface area contributed by atoms with Crippen LogP contribution in [-0.4, -0.2) is 249 Å². The molecule has 12 atom stereocenters. The van der Waals surface area contributed by atoms with Gasteiger partial charge in [-0.25, -0.2) is 0 Å². The number of nitrogens with two attached hydrogens (primary N) is 7. The number of aromatic nitrogens is 2. The van der Waals surface area contributed by atoms with Gasteiger partial charge in [-0.3, -0.25) is 72.9 Å². The zero-order chi connectivity index (χ0) is 93.1. The molecule has 0 radical (unpaired) electrons. The van der Waals surface area contributed by atoms with Crippen molar-refractivity contribution >= 4 is 117 Å². The van der Waals surface area contributed by atoms with E-state index in [0.717, 1.165) is 27.2 Å². The summed E-state index contributed by atoms with van der Waals surface area (Å²) in [7, 11) is 4.39. The Bertz CT molecular complexity index is 4670. The number of carbonyl (C=O) groups is 12. The average molecular weight is 1830 g/mol. The van der Waals surface area contributed by atoms with Gasteiger partial charge in [0.15, 0.2) is 40.8 Å². The number of ether oxygens (including phenoxy) is 7. The predicted molar refractivity (Wildman–Crippen MR) is 474 cm³/mol. The Morgan fingerprint density at radius 1 is 0.586 bits per heavy atom. The Balaban J connectivity index is 0.871. The average Bonchev–Trinajstić information content (AvgIpc) is 1.46. The number of guanidine groups is 2. The minimum Gasteiger partial charge on any atom is -0.494 e. The van der Waals surface area contributed by atoms with E-state index < -0.39 is 168 Å². The van der Waals surface area contributed by atoms with Gasteiger partial charge in [-0.05, 0) is 169 Å². The number of H-pyrrole nitrogens is 1. The van der Waals surface area contributed by atoms with Gasteiger partial charge in [-0.1, -0.05) is 18.2 Å². The standard InChI is InChI=1S/C83H122N22O21S2/c1-120-61-34-44(35-62(121-2)71(61)122-3)68-47-36-59-60(125-43-124-59)37-48(47)70(49-41-123-81(119)69(49)68)126-67(109)40-97-64(106)23-31-105-66(108)38-63(80(105)118)128-42-50(87)73(111)93-30-22-65(107)98-53(20-13-28-94-82(89)90)74(112)101-56(21-14-29-95-83(91)92)76(114)103-57(24-32-127-4)78(116)100-55(19-9-12-27-86)77(115)104-58(33-45-39-96-51-16-6-5-15-46(45)51)79(117)102-54(18-8-11-26-85)75(113)99-52(72(88)110)17-7-10-25-84/h5-6,15-16,34-39,49-50,52-58,68-70,96,108,118H,7-14,17-33,40-43,84-87H2,1-4H3,(H2,88,110)(H,93,111)(H,97,106)(H,98,107)(H,99,113)(H,100,116)(H,101,112)(H,102,117)(H,103,114)(H,104,115)(H4,89,90,94)(H4,91,92,95)/t49-,50-,52-,53-,54-,55-,56-,57-,58-,68+,69-,70-/m0/s1. The summed E-state index contributed by atoms with van der Waals surface area (Å²) in [6.45, 7) is -0.415. The molecular weight excluding hydrogens is 1710 g/mol. The highest BCUT2D eigenvalue weighted by Crippen LogP contribution is 2.57. The molecule has 0 spiro atoms. The lowest BCUT2D eigenvalue weighted by atomic mass is 9.66. The number of hydrogen-bond acceptors (Lipinski definition) is 29. The first-order valence-corrected chi connectivity index (χ1v) is 44.7. The van der Waals surface area contributed by atoms with Crippen LogP contribution in [0.1, 0.15) is 137 Å². The number of methoxy groups -OCH3 is 3. The number of aromatic hydroxyl groups is 2. The van der Waals surface area contributed by atoms with Crippen LogP contribution in [0.2, 0.25) is 0 Å². The number of nitrogens with one attached hydrogen (secondary N) is 14. The number of benzene rings is 3. The number of aromatic amines is 1. The molecule has 0 bridgehead atoms. The van der Waals surface area contributed by atoms with Crippen LogP contribution in [0.5, 0.6) is 40.5 Å². The Morgan fingerprint density at radius 2 is 1.10 bits per heavy atom. The van der Waals surface area contributed by atoms with Gasteiger partial charge < -0.3 is 147 Å². The maximum atomic E-state index is 14.9. The maximum absolute atomic E-state index is 14.9. The first-order chi connectivity index (χ1) is 61.5. The first kappa shape index (κ1) is 101. The van der Waals surface area contributed by atoms with Gasteiger partial charge in [0.1, 0.15) is 54.9 Å². The largest absolute Gasteiger partial charge is 0.494 e. The van der Waals surface area contributed by atoms with E-state index in [2.05, 4.69) is 63.5 Å². The third-order valence-electron chi connectivity index (χ3n) is 21.8. The number of cyclic esters (lactones) is 1. The number of nitrogens with zero attached hydrogens (tertiary/aromatic N) is 1. The molecule has 5 aromatic rings. The van der Waals surface area contributed by atoms with E-state index >= 15 is 0 Å². The van der Waals surface area contributed by atoms with Gasteiger partial charge >= 0.3 is 11.9 Å². The Hall–Kier alpha value is -12.2. The van der Waals surface area contributed by atoms with E-state index in [4.69, 9.17) is 84.1 Å². The summed E-state index contributed by atoms with van der Waals surface area (Å²) in [6, 6.07) is 4.85. The molecule has 8 rings (SSSR count). The topological polar surface area (TPSA) is 693 Å². The predicted octanol–water partition coefficient (Wildman–Crippen LogP) is -1.43. The van der Waals surface area contributed by atoms with E-state index in [1.807, 2.05) is 18.2 Å².